The van der Waals surface area contributed by atoms with Crippen LogP contribution in [-0.4, -0.2) is 36.0 Å². The molecule has 1 N–H and O–H groups in total. The third-order valence-corrected chi connectivity index (χ3v) is 5.84. The lowest BCUT2D eigenvalue weighted by Gasteiger charge is -2.17. The molecule has 0 atom stereocenters. The van der Waals surface area contributed by atoms with E-state index in [9.17, 15) is 4.79 Å². The van der Waals surface area contributed by atoms with E-state index >= 15 is 0 Å². The number of methoxy groups -OCH3 is 2. The molecule has 1 aliphatic heterocycles. The van der Waals surface area contributed by atoms with Gasteiger partial charge in [0.25, 0.3) is 5.91 Å². The average Bonchev–Trinajstić information content (AvgIpc) is 2.95. The Morgan fingerprint density at radius 1 is 1.21 bits per heavy atom. The zero-order valence-electron chi connectivity index (χ0n) is 15.6. The predicted molar refractivity (Wildman–Crippen MR) is 119 cm³/mol. The first-order valence-corrected chi connectivity index (χ1v) is 10.0. The first-order chi connectivity index (χ1) is 13.4. The minimum absolute atomic E-state index is 0.160. The number of benzene rings is 2. The van der Waals surface area contributed by atoms with Crippen molar-refractivity contribution in [3.8, 4) is 11.5 Å². The van der Waals surface area contributed by atoms with E-state index in [0.717, 1.165) is 16.8 Å². The fourth-order valence-corrected chi connectivity index (χ4v) is 4.10. The van der Waals surface area contributed by atoms with Crippen molar-refractivity contribution in [1.29, 1.82) is 0 Å². The van der Waals surface area contributed by atoms with Gasteiger partial charge in [0, 0.05) is 16.3 Å². The standard InChI is InChI=1S/C20H19ClN2O3S2/c1-12-4-5-14(21)10-16(12)22-11-23-19(24)18(28-20(23)27)9-13-8-15(25-2)6-7-17(13)26-3/h4-10,22H,11H2,1-3H3/b18-9+. The number of hydrogen-bond acceptors (Lipinski definition) is 6. The lowest BCUT2D eigenvalue weighted by atomic mass is 10.1. The Bertz CT molecular complexity index is 962. The average molecular weight is 435 g/mol. The Hall–Kier alpha value is -2.22. The molecule has 28 heavy (non-hydrogen) atoms. The van der Waals surface area contributed by atoms with E-state index in [1.807, 2.05) is 31.2 Å². The topological polar surface area (TPSA) is 50.8 Å². The molecule has 0 saturated carbocycles. The van der Waals surface area contributed by atoms with Gasteiger partial charge in [-0.1, -0.05) is 41.6 Å². The van der Waals surface area contributed by atoms with E-state index in [0.29, 0.717) is 25.7 Å². The number of aryl methyl sites for hydroxylation is 1. The van der Waals surface area contributed by atoms with Gasteiger partial charge >= 0.3 is 0 Å². The van der Waals surface area contributed by atoms with Gasteiger partial charge in [-0.25, -0.2) is 0 Å². The quantitative estimate of drug-likeness (QED) is 0.513. The number of rotatable bonds is 6. The van der Waals surface area contributed by atoms with Crippen LogP contribution in [0.15, 0.2) is 41.3 Å². The maximum absolute atomic E-state index is 12.9. The number of nitrogens with zero attached hydrogens (tertiary/aromatic N) is 1. The van der Waals surface area contributed by atoms with Crippen LogP contribution in [0.2, 0.25) is 5.02 Å². The molecule has 1 aliphatic rings. The van der Waals surface area contributed by atoms with Crippen molar-refractivity contribution in [3.05, 3.63) is 57.5 Å². The SMILES string of the molecule is COc1ccc(OC)c(/C=C2/SC(=S)N(CNc3cc(Cl)ccc3C)C2=O)c1. The Morgan fingerprint density at radius 2 is 2.00 bits per heavy atom. The van der Waals surface area contributed by atoms with Crippen molar-refractivity contribution in [2.75, 3.05) is 26.2 Å². The molecule has 8 heteroatoms. The largest absolute Gasteiger partial charge is 0.497 e. The van der Waals surface area contributed by atoms with Crippen LogP contribution in [0.3, 0.4) is 0 Å². The van der Waals surface area contributed by atoms with Gasteiger partial charge in [0.05, 0.1) is 25.8 Å². The second-order valence-corrected chi connectivity index (χ2v) is 8.12. The van der Waals surface area contributed by atoms with Gasteiger partial charge in [-0.05, 0) is 48.9 Å². The summed E-state index contributed by atoms with van der Waals surface area (Å²) in [6.07, 6.45) is 1.77. The van der Waals surface area contributed by atoms with Gasteiger partial charge < -0.3 is 14.8 Å². The number of carbonyl (C=O) groups excluding carboxylic acids is 1. The van der Waals surface area contributed by atoms with Crippen molar-refractivity contribution in [1.82, 2.24) is 4.90 Å². The zero-order chi connectivity index (χ0) is 20.3. The van der Waals surface area contributed by atoms with Crippen LogP contribution in [0.5, 0.6) is 11.5 Å². The van der Waals surface area contributed by atoms with Crippen molar-refractivity contribution >= 4 is 57.6 Å². The van der Waals surface area contributed by atoms with Crippen LogP contribution in [0.1, 0.15) is 11.1 Å². The van der Waals surface area contributed by atoms with Gasteiger partial charge in [-0.2, -0.15) is 0 Å². The molecule has 0 bridgehead atoms. The molecule has 5 nitrogen and oxygen atoms in total. The predicted octanol–water partition coefficient (Wildman–Crippen LogP) is 4.94. The van der Waals surface area contributed by atoms with E-state index in [4.69, 9.17) is 33.3 Å². The van der Waals surface area contributed by atoms with Crippen molar-refractivity contribution < 1.29 is 14.3 Å². The van der Waals surface area contributed by atoms with Crippen LogP contribution in [0.25, 0.3) is 6.08 Å². The maximum atomic E-state index is 12.9. The van der Waals surface area contributed by atoms with Crippen molar-refractivity contribution in [3.63, 3.8) is 0 Å². The molecule has 2 aromatic rings. The van der Waals surface area contributed by atoms with Crippen LogP contribution < -0.4 is 14.8 Å². The summed E-state index contributed by atoms with van der Waals surface area (Å²) >= 11 is 12.7. The van der Waals surface area contributed by atoms with E-state index in [2.05, 4.69) is 5.32 Å². The van der Waals surface area contributed by atoms with Crippen molar-refractivity contribution in [2.45, 2.75) is 6.92 Å². The first kappa shape index (κ1) is 20.5. The zero-order valence-corrected chi connectivity index (χ0v) is 18.0. The van der Waals surface area contributed by atoms with Crippen molar-refractivity contribution in [2.24, 2.45) is 0 Å². The highest BCUT2D eigenvalue weighted by Gasteiger charge is 2.32. The molecule has 1 amide bonds. The highest BCUT2D eigenvalue weighted by Crippen LogP contribution is 2.35. The number of anilines is 1. The molecule has 0 aromatic heterocycles. The number of carbonyl (C=O) groups is 1. The highest BCUT2D eigenvalue weighted by atomic mass is 35.5. The summed E-state index contributed by atoms with van der Waals surface area (Å²) < 4.78 is 11.1. The lowest BCUT2D eigenvalue weighted by Crippen LogP contribution is -2.33. The van der Waals surface area contributed by atoms with E-state index in [-0.39, 0.29) is 12.6 Å². The van der Waals surface area contributed by atoms with E-state index in [1.165, 1.54) is 16.7 Å². The second-order valence-electron chi connectivity index (χ2n) is 6.01. The minimum Gasteiger partial charge on any atom is -0.497 e. The Kier molecular flexibility index (Phi) is 6.49. The summed E-state index contributed by atoms with van der Waals surface area (Å²) in [5.74, 6) is 1.17. The molecule has 1 saturated heterocycles. The minimum atomic E-state index is -0.160. The fraction of sp³-hybridized carbons (Fsp3) is 0.200. The summed E-state index contributed by atoms with van der Waals surface area (Å²) in [6.45, 7) is 2.23. The van der Waals surface area contributed by atoms with Crippen LogP contribution >= 0.6 is 35.6 Å². The monoisotopic (exact) mass is 434 g/mol. The molecule has 0 spiro atoms. The molecule has 0 unspecified atom stereocenters. The maximum Gasteiger partial charge on any atom is 0.267 e. The number of thioether (sulfide) groups is 1. The Labute approximate surface area is 178 Å². The Morgan fingerprint density at radius 3 is 2.71 bits per heavy atom. The molecule has 2 aromatic carbocycles. The molecule has 0 radical (unpaired) electrons. The van der Waals surface area contributed by atoms with Gasteiger partial charge in [0.1, 0.15) is 15.8 Å². The van der Waals surface area contributed by atoms with Gasteiger partial charge in [-0.15, -0.1) is 0 Å². The lowest BCUT2D eigenvalue weighted by molar-refractivity contribution is -0.121. The number of amides is 1. The van der Waals surface area contributed by atoms with Crippen LogP contribution in [-0.2, 0) is 4.79 Å². The molecule has 146 valence electrons. The van der Waals surface area contributed by atoms with Crippen LogP contribution in [0.4, 0.5) is 5.69 Å². The third kappa shape index (κ3) is 4.43. The highest BCUT2D eigenvalue weighted by molar-refractivity contribution is 8.26. The van der Waals surface area contributed by atoms with Gasteiger partial charge in [-0.3, -0.25) is 9.69 Å². The molecular formula is C20H19ClN2O3S2. The molecule has 3 rings (SSSR count). The van der Waals surface area contributed by atoms with Crippen LogP contribution in [0, 0.1) is 6.92 Å². The Balaban J connectivity index is 1.80. The van der Waals surface area contributed by atoms with Gasteiger partial charge in [0.2, 0.25) is 0 Å². The summed E-state index contributed by atoms with van der Waals surface area (Å²) in [5.41, 5.74) is 2.65. The second kappa shape index (κ2) is 8.86. The number of thiocarbonyl (C=S) groups is 1. The summed E-state index contributed by atoms with van der Waals surface area (Å²) in [6, 6.07) is 11.0. The third-order valence-electron chi connectivity index (χ3n) is 4.22. The normalized spacial score (nSPS) is 15.3. The molecule has 0 aliphatic carbocycles. The number of hydrogen-bond donors (Lipinski definition) is 1. The molecule has 1 heterocycles. The first-order valence-electron chi connectivity index (χ1n) is 8.40. The molecular weight excluding hydrogens is 416 g/mol. The number of ether oxygens (including phenoxy) is 2. The smallest absolute Gasteiger partial charge is 0.267 e. The summed E-state index contributed by atoms with van der Waals surface area (Å²) in [4.78, 5) is 14.9. The number of nitrogens with one attached hydrogen (secondary N) is 1. The van der Waals surface area contributed by atoms with E-state index < -0.39 is 0 Å². The fourth-order valence-electron chi connectivity index (χ4n) is 2.68. The summed E-state index contributed by atoms with van der Waals surface area (Å²) in [7, 11) is 3.18. The van der Waals surface area contributed by atoms with Gasteiger partial charge in [0.15, 0.2) is 0 Å². The molecule has 1 fully saturated rings. The van der Waals surface area contributed by atoms with E-state index in [1.54, 1.807) is 32.4 Å². The summed E-state index contributed by atoms with van der Waals surface area (Å²) in [5, 5.41) is 3.86. The number of halogens is 1.